The van der Waals surface area contributed by atoms with Crippen LogP contribution in [0.25, 0.3) is 10.8 Å². The van der Waals surface area contributed by atoms with Gasteiger partial charge in [0.2, 0.25) is 0 Å². The Balaban J connectivity index is 1.64. The number of fused-ring (bicyclic) bond motifs is 3. The van der Waals surface area contributed by atoms with Crippen LogP contribution in [0.3, 0.4) is 0 Å². The van der Waals surface area contributed by atoms with Crippen molar-refractivity contribution >= 4 is 16.7 Å². The van der Waals surface area contributed by atoms with Crippen LogP contribution in [0.2, 0.25) is 0 Å². The molecule has 1 heterocycles. The van der Waals surface area contributed by atoms with Crippen molar-refractivity contribution in [2.24, 2.45) is 0 Å². The fraction of sp³-hybridized carbons (Fsp3) is 0.450. The second-order valence-electron chi connectivity index (χ2n) is 6.53. The van der Waals surface area contributed by atoms with Gasteiger partial charge in [0.05, 0.1) is 18.8 Å². The van der Waals surface area contributed by atoms with Gasteiger partial charge in [-0.2, -0.15) is 0 Å². The van der Waals surface area contributed by atoms with E-state index in [1.807, 2.05) is 48.2 Å². The highest BCUT2D eigenvalue weighted by Gasteiger charge is 2.44. The van der Waals surface area contributed by atoms with E-state index in [2.05, 4.69) is 6.07 Å². The first-order chi connectivity index (χ1) is 11.8. The van der Waals surface area contributed by atoms with Gasteiger partial charge in [-0.25, -0.2) is 0 Å². The summed E-state index contributed by atoms with van der Waals surface area (Å²) in [5.74, 6) is 0.0848. The van der Waals surface area contributed by atoms with Crippen LogP contribution in [0.1, 0.15) is 30.1 Å². The minimum absolute atomic E-state index is 0.00177. The van der Waals surface area contributed by atoms with Crippen LogP contribution in [0, 0.1) is 0 Å². The van der Waals surface area contributed by atoms with Crippen molar-refractivity contribution in [1.82, 2.24) is 4.90 Å². The second kappa shape index (κ2) is 6.54. The molecule has 3 atom stereocenters. The average Bonchev–Trinajstić information content (AvgIpc) is 2.90. The van der Waals surface area contributed by atoms with Crippen molar-refractivity contribution < 1.29 is 14.3 Å². The molecule has 1 saturated carbocycles. The standard InChI is InChI=1S/C20H23NO3/c1-2-23-19-17-9-10-18(19)24-12-11-21(17)20(22)16-8-7-14-5-3-4-6-15(14)13-16/h3-8,13,17-19H,2,9-12H2,1H3/t17-,18-,19-/m1/s1. The number of ether oxygens (including phenoxy) is 2. The number of amides is 1. The van der Waals surface area contributed by atoms with Crippen molar-refractivity contribution in [2.75, 3.05) is 19.8 Å². The molecule has 1 aliphatic carbocycles. The largest absolute Gasteiger partial charge is 0.374 e. The molecule has 0 spiro atoms. The van der Waals surface area contributed by atoms with E-state index >= 15 is 0 Å². The lowest BCUT2D eigenvalue weighted by atomic mass is 10.0. The Labute approximate surface area is 142 Å². The lowest BCUT2D eigenvalue weighted by Gasteiger charge is -2.31. The molecule has 0 unspecified atom stereocenters. The van der Waals surface area contributed by atoms with E-state index in [0.29, 0.717) is 19.8 Å². The van der Waals surface area contributed by atoms with Crippen molar-refractivity contribution in [3.05, 3.63) is 48.0 Å². The molecule has 1 aliphatic heterocycles. The molecule has 4 rings (SSSR count). The number of rotatable bonds is 3. The van der Waals surface area contributed by atoms with Crippen LogP contribution < -0.4 is 0 Å². The second-order valence-corrected chi connectivity index (χ2v) is 6.53. The quantitative estimate of drug-likeness (QED) is 0.869. The molecule has 1 saturated heterocycles. The number of benzene rings is 2. The Morgan fingerprint density at radius 3 is 2.88 bits per heavy atom. The van der Waals surface area contributed by atoms with Gasteiger partial charge in [0.1, 0.15) is 6.10 Å². The number of carbonyl (C=O) groups is 1. The lowest BCUT2D eigenvalue weighted by molar-refractivity contribution is -0.0484. The molecule has 2 bridgehead atoms. The van der Waals surface area contributed by atoms with Crippen LogP contribution in [0.4, 0.5) is 0 Å². The van der Waals surface area contributed by atoms with E-state index in [1.54, 1.807) is 0 Å². The molecule has 1 amide bonds. The van der Waals surface area contributed by atoms with Crippen molar-refractivity contribution in [2.45, 2.75) is 38.0 Å². The van der Waals surface area contributed by atoms with Crippen molar-refractivity contribution in [3.63, 3.8) is 0 Å². The topological polar surface area (TPSA) is 38.8 Å². The summed E-state index contributed by atoms with van der Waals surface area (Å²) in [6.45, 7) is 3.87. The van der Waals surface area contributed by atoms with E-state index in [1.165, 1.54) is 0 Å². The fourth-order valence-electron chi connectivity index (χ4n) is 4.04. The maximum absolute atomic E-state index is 13.1. The summed E-state index contributed by atoms with van der Waals surface area (Å²) in [6.07, 6.45) is 2.05. The highest BCUT2D eigenvalue weighted by Crippen LogP contribution is 2.33. The van der Waals surface area contributed by atoms with E-state index in [9.17, 15) is 4.79 Å². The minimum atomic E-state index is 0.00177. The van der Waals surface area contributed by atoms with Crippen LogP contribution in [-0.4, -0.2) is 48.8 Å². The van der Waals surface area contributed by atoms with Crippen LogP contribution in [0.5, 0.6) is 0 Å². The first-order valence-corrected chi connectivity index (χ1v) is 8.81. The Morgan fingerprint density at radius 2 is 2.04 bits per heavy atom. The zero-order valence-electron chi connectivity index (χ0n) is 14.0. The fourth-order valence-corrected chi connectivity index (χ4v) is 4.04. The zero-order chi connectivity index (χ0) is 16.5. The smallest absolute Gasteiger partial charge is 0.254 e. The summed E-state index contributed by atoms with van der Waals surface area (Å²) >= 11 is 0. The summed E-state index contributed by atoms with van der Waals surface area (Å²) in [5.41, 5.74) is 0.745. The van der Waals surface area contributed by atoms with E-state index < -0.39 is 0 Å². The monoisotopic (exact) mass is 325 g/mol. The summed E-state index contributed by atoms with van der Waals surface area (Å²) in [5, 5.41) is 2.25. The molecule has 2 aliphatic rings. The number of carbonyl (C=O) groups excluding carboxylic acids is 1. The highest BCUT2D eigenvalue weighted by molar-refractivity contribution is 5.98. The van der Waals surface area contributed by atoms with E-state index in [0.717, 1.165) is 29.2 Å². The molecule has 24 heavy (non-hydrogen) atoms. The molecular weight excluding hydrogens is 302 g/mol. The molecule has 0 N–H and O–H groups in total. The van der Waals surface area contributed by atoms with Crippen molar-refractivity contribution in [3.8, 4) is 0 Å². The molecule has 0 aromatic heterocycles. The van der Waals surface area contributed by atoms with Gasteiger partial charge in [-0.05, 0) is 42.7 Å². The molecule has 2 aromatic carbocycles. The van der Waals surface area contributed by atoms with Gasteiger partial charge < -0.3 is 14.4 Å². The zero-order valence-corrected chi connectivity index (χ0v) is 14.0. The Hall–Kier alpha value is -1.91. The first kappa shape index (κ1) is 15.6. The third-order valence-corrected chi connectivity index (χ3v) is 5.17. The van der Waals surface area contributed by atoms with Crippen molar-refractivity contribution in [1.29, 1.82) is 0 Å². The molecular formula is C20H23NO3. The third-order valence-electron chi connectivity index (χ3n) is 5.17. The molecule has 2 fully saturated rings. The molecule has 4 nitrogen and oxygen atoms in total. The maximum atomic E-state index is 13.1. The number of hydrogen-bond donors (Lipinski definition) is 0. The van der Waals surface area contributed by atoms with Gasteiger partial charge in [-0.1, -0.05) is 30.3 Å². The van der Waals surface area contributed by atoms with Gasteiger partial charge in [0, 0.05) is 18.7 Å². The lowest BCUT2D eigenvalue weighted by Crippen LogP contribution is -2.46. The summed E-state index contributed by atoms with van der Waals surface area (Å²) in [6, 6.07) is 14.2. The van der Waals surface area contributed by atoms with Gasteiger partial charge in [-0.3, -0.25) is 4.79 Å². The highest BCUT2D eigenvalue weighted by atomic mass is 16.5. The number of hydrogen-bond acceptors (Lipinski definition) is 3. The van der Waals surface area contributed by atoms with E-state index in [4.69, 9.17) is 9.47 Å². The van der Waals surface area contributed by atoms with Crippen LogP contribution >= 0.6 is 0 Å². The molecule has 4 heteroatoms. The van der Waals surface area contributed by atoms with E-state index in [-0.39, 0.29) is 24.2 Å². The van der Waals surface area contributed by atoms with Gasteiger partial charge in [0.25, 0.3) is 5.91 Å². The predicted octanol–water partition coefficient (Wildman–Crippen LogP) is 3.25. The normalized spacial score (nSPS) is 26.5. The third kappa shape index (κ3) is 2.70. The minimum Gasteiger partial charge on any atom is -0.374 e. The van der Waals surface area contributed by atoms with Gasteiger partial charge in [-0.15, -0.1) is 0 Å². The Morgan fingerprint density at radius 1 is 1.21 bits per heavy atom. The number of nitrogens with zero attached hydrogens (tertiary/aromatic N) is 1. The van der Waals surface area contributed by atoms with Gasteiger partial charge in [0.15, 0.2) is 0 Å². The molecule has 2 aromatic rings. The Kier molecular flexibility index (Phi) is 4.25. The maximum Gasteiger partial charge on any atom is 0.254 e. The summed E-state index contributed by atoms with van der Waals surface area (Å²) in [7, 11) is 0. The Bertz CT molecular complexity index is 744. The first-order valence-electron chi connectivity index (χ1n) is 8.81. The van der Waals surface area contributed by atoms with Crippen LogP contribution in [0.15, 0.2) is 42.5 Å². The SMILES string of the molecule is CCO[C@@H]1[C@H]2CC[C@H]1OCCN2C(=O)c1ccc2ccccc2c1. The summed E-state index contributed by atoms with van der Waals surface area (Å²) in [4.78, 5) is 15.1. The van der Waals surface area contributed by atoms with Crippen LogP contribution in [-0.2, 0) is 9.47 Å². The summed E-state index contributed by atoms with van der Waals surface area (Å²) < 4.78 is 11.8. The average molecular weight is 325 g/mol. The van der Waals surface area contributed by atoms with Gasteiger partial charge >= 0.3 is 0 Å². The molecule has 126 valence electrons. The molecule has 0 radical (unpaired) electrons. The predicted molar refractivity (Wildman–Crippen MR) is 93.2 cm³/mol.